The molecule has 2 aromatic carbocycles. The first-order valence-corrected chi connectivity index (χ1v) is 6.39. The van der Waals surface area contributed by atoms with Gasteiger partial charge in [-0.1, -0.05) is 12.1 Å². The molecule has 0 radical (unpaired) electrons. The molecule has 0 bridgehead atoms. The van der Waals surface area contributed by atoms with Crippen molar-refractivity contribution in [1.29, 1.82) is 0 Å². The lowest BCUT2D eigenvalue weighted by atomic mass is 10.1. The molecule has 0 atom stereocenters. The van der Waals surface area contributed by atoms with Gasteiger partial charge in [0.1, 0.15) is 5.52 Å². The molecule has 3 rings (SSSR count). The van der Waals surface area contributed by atoms with Crippen LogP contribution in [-0.4, -0.2) is 15.9 Å². The first-order chi connectivity index (χ1) is 8.66. The van der Waals surface area contributed by atoms with Crippen LogP contribution in [0.1, 0.15) is 10.4 Å². The maximum atomic E-state index is 11.5. The van der Waals surface area contributed by atoms with Crippen LogP contribution >= 0.6 is 22.6 Å². The molecule has 1 heterocycles. The molecule has 0 unspecified atom stereocenters. The third kappa shape index (κ3) is 1.71. The van der Waals surface area contributed by atoms with E-state index in [2.05, 4.69) is 32.6 Å². The number of amides is 1. The van der Waals surface area contributed by atoms with E-state index in [1.807, 2.05) is 36.4 Å². The number of hydrogen-bond donors (Lipinski definition) is 1. The SMILES string of the molecule is NC(=O)c1c(I)ccc2nc3ccccc3nc12. The Bertz CT molecular complexity index is 786. The zero-order valence-corrected chi connectivity index (χ0v) is 11.4. The molecule has 0 spiro atoms. The molecule has 0 saturated carbocycles. The Balaban J connectivity index is 2.50. The van der Waals surface area contributed by atoms with Gasteiger partial charge in [0, 0.05) is 3.57 Å². The second-order valence-corrected chi connectivity index (χ2v) is 5.03. The third-order valence-corrected chi connectivity index (χ3v) is 3.61. The van der Waals surface area contributed by atoms with Crippen molar-refractivity contribution in [2.24, 2.45) is 5.73 Å². The number of nitrogens with two attached hydrogens (primary N) is 1. The number of aromatic nitrogens is 2. The summed E-state index contributed by atoms with van der Waals surface area (Å²) in [5.41, 5.74) is 8.66. The van der Waals surface area contributed by atoms with Crippen LogP contribution < -0.4 is 5.73 Å². The van der Waals surface area contributed by atoms with Crippen LogP contribution in [0.5, 0.6) is 0 Å². The first-order valence-electron chi connectivity index (χ1n) is 5.31. The average Bonchev–Trinajstić information content (AvgIpc) is 2.36. The standard InChI is InChI=1S/C13H8IN3O/c14-7-5-6-10-12(11(7)13(15)18)17-9-4-2-1-3-8(9)16-10/h1-6H,(H2,15,18). The number of primary amides is 1. The van der Waals surface area contributed by atoms with Crippen molar-refractivity contribution in [3.05, 3.63) is 45.5 Å². The monoisotopic (exact) mass is 349 g/mol. The van der Waals surface area contributed by atoms with Crippen molar-refractivity contribution in [2.75, 3.05) is 0 Å². The summed E-state index contributed by atoms with van der Waals surface area (Å²) in [6.45, 7) is 0. The van der Waals surface area contributed by atoms with Crippen LogP contribution in [0, 0.1) is 3.57 Å². The van der Waals surface area contributed by atoms with E-state index in [4.69, 9.17) is 5.73 Å². The summed E-state index contributed by atoms with van der Waals surface area (Å²) in [6.07, 6.45) is 0. The number of para-hydroxylation sites is 2. The van der Waals surface area contributed by atoms with Crippen molar-refractivity contribution in [3.8, 4) is 0 Å². The molecule has 88 valence electrons. The summed E-state index contributed by atoms with van der Waals surface area (Å²) in [5.74, 6) is -0.477. The number of carbonyl (C=O) groups is 1. The number of hydrogen-bond acceptors (Lipinski definition) is 3. The number of halogens is 1. The molecular formula is C13H8IN3O. The topological polar surface area (TPSA) is 68.9 Å². The Morgan fingerprint density at radius 2 is 1.67 bits per heavy atom. The lowest BCUT2D eigenvalue weighted by Gasteiger charge is -2.06. The Morgan fingerprint density at radius 1 is 1.00 bits per heavy atom. The van der Waals surface area contributed by atoms with E-state index in [0.29, 0.717) is 16.6 Å². The van der Waals surface area contributed by atoms with Crippen LogP contribution in [0.3, 0.4) is 0 Å². The van der Waals surface area contributed by atoms with Gasteiger partial charge < -0.3 is 5.73 Å². The summed E-state index contributed by atoms with van der Waals surface area (Å²) in [6, 6.07) is 11.2. The minimum atomic E-state index is -0.477. The molecule has 2 N–H and O–H groups in total. The van der Waals surface area contributed by atoms with E-state index >= 15 is 0 Å². The molecule has 0 saturated heterocycles. The van der Waals surface area contributed by atoms with Gasteiger partial charge in [-0.05, 0) is 46.9 Å². The molecule has 0 aliphatic rings. The molecule has 1 amide bonds. The van der Waals surface area contributed by atoms with Crippen LogP contribution in [0.25, 0.3) is 22.1 Å². The number of nitrogens with zero attached hydrogens (tertiary/aromatic N) is 2. The Hall–Kier alpha value is -1.76. The lowest BCUT2D eigenvalue weighted by molar-refractivity contribution is 0.100. The fraction of sp³-hybridized carbons (Fsp3) is 0. The van der Waals surface area contributed by atoms with E-state index in [-0.39, 0.29) is 0 Å². The quantitative estimate of drug-likeness (QED) is 0.542. The van der Waals surface area contributed by atoms with E-state index in [0.717, 1.165) is 14.6 Å². The second kappa shape index (κ2) is 4.16. The normalized spacial score (nSPS) is 10.9. The predicted octanol–water partition coefficient (Wildman–Crippen LogP) is 2.49. The van der Waals surface area contributed by atoms with Gasteiger partial charge >= 0.3 is 0 Å². The predicted molar refractivity (Wildman–Crippen MR) is 78.3 cm³/mol. The number of benzene rings is 2. The number of carbonyl (C=O) groups excluding carboxylic acids is 1. The molecule has 3 aromatic rings. The number of fused-ring (bicyclic) bond motifs is 2. The lowest BCUT2D eigenvalue weighted by Crippen LogP contribution is -2.14. The maximum absolute atomic E-state index is 11.5. The van der Waals surface area contributed by atoms with Crippen LogP contribution in [0.2, 0.25) is 0 Å². The van der Waals surface area contributed by atoms with Gasteiger partial charge in [-0.25, -0.2) is 9.97 Å². The summed E-state index contributed by atoms with van der Waals surface area (Å²) in [4.78, 5) is 20.5. The van der Waals surface area contributed by atoms with E-state index < -0.39 is 5.91 Å². The smallest absolute Gasteiger partial charge is 0.252 e. The summed E-state index contributed by atoms with van der Waals surface area (Å²) >= 11 is 2.08. The minimum Gasteiger partial charge on any atom is -0.365 e. The Kier molecular flexibility index (Phi) is 2.62. The highest BCUT2D eigenvalue weighted by Gasteiger charge is 2.13. The zero-order valence-electron chi connectivity index (χ0n) is 9.22. The zero-order chi connectivity index (χ0) is 12.7. The molecule has 0 aliphatic heterocycles. The molecule has 4 nitrogen and oxygen atoms in total. The molecule has 5 heteroatoms. The minimum absolute atomic E-state index is 0.436. The largest absolute Gasteiger partial charge is 0.365 e. The summed E-state index contributed by atoms with van der Waals surface area (Å²) < 4.78 is 0.789. The van der Waals surface area contributed by atoms with E-state index in [1.165, 1.54) is 0 Å². The van der Waals surface area contributed by atoms with Gasteiger partial charge in [0.2, 0.25) is 0 Å². The van der Waals surface area contributed by atoms with Gasteiger partial charge in [0.15, 0.2) is 0 Å². The van der Waals surface area contributed by atoms with Crippen molar-refractivity contribution in [2.45, 2.75) is 0 Å². The van der Waals surface area contributed by atoms with Crippen molar-refractivity contribution >= 4 is 50.6 Å². The van der Waals surface area contributed by atoms with Gasteiger partial charge in [-0.15, -0.1) is 0 Å². The van der Waals surface area contributed by atoms with Gasteiger partial charge in [-0.3, -0.25) is 4.79 Å². The maximum Gasteiger partial charge on any atom is 0.252 e. The van der Waals surface area contributed by atoms with Crippen LogP contribution in [0.4, 0.5) is 0 Å². The van der Waals surface area contributed by atoms with Crippen LogP contribution in [-0.2, 0) is 0 Å². The molecule has 1 aromatic heterocycles. The molecule has 18 heavy (non-hydrogen) atoms. The summed E-state index contributed by atoms with van der Waals surface area (Å²) in [5, 5.41) is 0. The van der Waals surface area contributed by atoms with Crippen molar-refractivity contribution < 1.29 is 4.79 Å². The first kappa shape index (κ1) is 11.3. The molecular weight excluding hydrogens is 341 g/mol. The highest BCUT2D eigenvalue weighted by atomic mass is 127. The van der Waals surface area contributed by atoms with Gasteiger partial charge in [0.25, 0.3) is 5.91 Å². The third-order valence-electron chi connectivity index (χ3n) is 2.71. The average molecular weight is 349 g/mol. The van der Waals surface area contributed by atoms with Crippen molar-refractivity contribution in [1.82, 2.24) is 9.97 Å². The fourth-order valence-corrected chi connectivity index (χ4v) is 2.60. The molecule has 0 fully saturated rings. The van der Waals surface area contributed by atoms with E-state index in [9.17, 15) is 4.79 Å². The van der Waals surface area contributed by atoms with Crippen molar-refractivity contribution in [3.63, 3.8) is 0 Å². The van der Waals surface area contributed by atoms with Gasteiger partial charge in [-0.2, -0.15) is 0 Å². The summed E-state index contributed by atoms with van der Waals surface area (Å²) in [7, 11) is 0. The Labute approximate surface area is 116 Å². The van der Waals surface area contributed by atoms with Crippen LogP contribution in [0.15, 0.2) is 36.4 Å². The second-order valence-electron chi connectivity index (χ2n) is 3.87. The highest BCUT2D eigenvalue weighted by Crippen LogP contribution is 2.23. The van der Waals surface area contributed by atoms with E-state index in [1.54, 1.807) is 0 Å². The molecule has 0 aliphatic carbocycles. The highest BCUT2D eigenvalue weighted by molar-refractivity contribution is 14.1. The fourth-order valence-electron chi connectivity index (χ4n) is 1.90. The Morgan fingerprint density at radius 3 is 2.33 bits per heavy atom. The number of rotatable bonds is 1. The van der Waals surface area contributed by atoms with Gasteiger partial charge in [0.05, 0.1) is 22.1 Å².